The molecule has 1 fully saturated rings. The van der Waals surface area contributed by atoms with E-state index in [0.29, 0.717) is 5.41 Å². The van der Waals surface area contributed by atoms with E-state index in [-0.39, 0.29) is 0 Å². The van der Waals surface area contributed by atoms with Gasteiger partial charge in [0.05, 0.1) is 0 Å². The molecular weight excluding hydrogens is 214 g/mol. The lowest BCUT2D eigenvalue weighted by Crippen LogP contribution is -2.38. The molecule has 0 aromatic heterocycles. The molecule has 2 aliphatic heterocycles. The van der Waals surface area contributed by atoms with Crippen LogP contribution in [0.2, 0.25) is 0 Å². The molecule has 0 aromatic rings. The van der Waals surface area contributed by atoms with Crippen LogP contribution in [0.4, 0.5) is 0 Å². The summed E-state index contributed by atoms with van der Waals surface area (Å²) in [4.78, 5) is 4.43. The number of nitrogens with two attached hydrogens (primary N) is 1. The molecule has 2 aliphatic rings. The molecule has 0 unspecified atom stereocenters. The van der Waals surface area contributed by atoms with Gasteiger partial charge in [-0.1, -0.05) is 0 Å². The number of rotatable bonds is 3. The molecule has 3 N–H and O–H groups in total. The van der Waals surface area contributed by atoms with Gasteiger partial charge in [0.1, 0.15) is 11.7 Å². The molecule has 5 heteroatoms. The van der Waals surface area contributed by atoms with E-state index in [4.69, 9.17) is 5.73 Å². The van der Waals surface area contributed by atoms with Crippen molar-refractivity contribution in [3.63, 3.8) is 0 Å². The molecule has 0 aromatic carbocycles. The summed E-state index contributed by atoms with van der Waals surface area (Å²) in [6.45, 7) is 0.804. The van der Waals surface area contributed by atoms with E-state index in [1.807, 2.05) is 11.8 Å². The van der Waals surface area contributed by atoms with Gasteiger partial charge in [0.15, 0.2) is 0 Å². The van der Waals surface area contributed by atoms with Crippen LogP contribution >= 0.6 is 23.7 Å². The molecule has 2 rings (SSSR count). The van der Waals surface area contributed by atoms with Gasteiger partial charge >= 0.3 is 0 Å². The lowest BCUT2D eigenvalue weighted by Gasteiger charge is -2.35. The van der Waals surface area contributed by atoms with Crippen molar-refractivity contribution in [1.29, 1.82) is 0 Å². The highest BCUT2D eigenvalue weighted by atomic mass is 32.2. The third-order valence-electron chi connectivity index (χ3n) is 3.04. The molecule has 2 heterocycles. The summed E-state index contributed by atoms with van der Waals surface area (Å²) in [5.41, 5.74) is 6.25. The standard InChI is InChI=1S/C9H17N3S2/c10-6-9(1-3-13-4-2-9)5-8-11-7-14-12-8/h1-7,10H2,(H,11,12). The Morgan fingerprint density at radius 3 is 2.79 bits per heavy atom. The van der Waals surface area contributed by atoms with Crippen molar-refractivity contribution in [2.45, 2.75) is 19.3 Å². The van der Waals surface area contributed by atoms with Crippen molar-refractivity contribution in [1.82, 2.24) is 4.72 Å². The highest BCUT2D eigenvalue weighted by molar-refractivity contribution is 7.99. The Labute approximate surface area is 93.8 Å². The Morgan fingerprint density at radius 1 is 1.43 bits per heavy atom. The predicted molar refractivity (Wildman–Crippen MR) is 65.7 cm³/mol. The quantitative estimate of drug-likeness (QED) is 0.722. The maximum Gasteiger partial charge on any atom is 0.108 e. The number of nitrogens with one attached hydrogen (secondary N) is 1. The zero-order valence-electron chi connectivity index (χ0n) is 8.29. The minimum Gasteiger partial charge on any atom is -0.330 e. The van der Waals surface area contributed by atoms with Crippen molar-refractivity contribution >= 4 is 29.5 Å². The predicted octanol–water partition coefficient (Wildman–Crippen LogP) is 1.46. The molecule has 0 radical (unpaired) electrons. The summed E-state index contributed by atoms with van der Waals surface area (Å²) in [7, 11) is 0. The maximum atomic E-state index is 5.92. The molecule has 0 saturated carbocycles. The van der Waals surface area contributed by atoms with Crippen LogP contribution in [0.3, 0.4) is 0 Å². The summed E-state index contributed by atoms with van der Waals surface area (Å²) in [6.07, 6.45) is 3.55. The summed E-state index contributed by atoms with van der Waals surface area (Å²) >= 11 is 3.73. The van der Waals surface area contributed by atoms with Crippen molar-refractivity contribution in [3.8, 4) is 0 Å². The SMILES string of the molecule is NCC1(CC2=NCSN2)CCSCC1. The lowest BCUT2D eigenvalue weighted by molar-refractivity contribution is 0.284. The van der Waals surface area contributed by atoms with E-state index in [1.165, 1.54) is 24.3 Å². The molecule has 0 aliphatic carbocycles. The van der Waals surface area contributed by atoms with Gasteiger partial charge < -0.3 is 10.5 Å². The van der Waals surface area contributed by atoms with Crippen LogP contribution in [0.25, 0.3) is 0 Å². The number of thioether (sulfide) groups is 1. The summed E-state index contributed by atoms with van der Waals surface area (Å²) in [5.74, 6) is 4.55. The first kappa shape index (κ1) is 10.6. The fourth-order valence-corrected chi connectivity index (χ4v) is 3.91. The highest BCUT2D eigenvalue weighted by Gasteiger charge is 2.32. The molecule has 0 bridgehead atoms. The van der Waals surface area contributed by atoms with Gasteiger partial charge in [-0.15, -0.1) is 0 Å². The molecular formula is C9H17N3S2. The van der Waals surface area contributed by atoms with Crippen LogP contribution in [0.1, 0.15) is 19.3 Å². The van der Waals surface area contributed by atoms with E-state index in [1.54, 1.807) is 11.9 Å². The summed E-state index contributed by atoms with van der Waals surface area (Å²) < 4.78 is 3.27. The zero-order chi connectivity index (χ0) is 9.86. The number of hydrogen-bond donors (Lipinski definition) is 2. The number of nitrogens with zero attached hydrogens (tertiary/aromatic N) is 1. The Bertz CT molecular complexity index is 224. The topological polar surface area (TPSA) is 50.4 Å². The van der Waals surface area contributed by atoms with Crippen LogP contribution < -0.4 is 10.5 Å². The Balaban J connectivity index is 1.96. The molecule has 80 valence electrons. The second kappa shape index (κ2) is 4.77. The average molecular weight is 231 g/mol. The van der Waals surface area contributed by atoms with Crippen LogP contribution in [-0.2, 0) is 0 Å². The number of amidine groups is 1. The van der Waals surface area contributed by atoms with Crippen molar-refractivity contribution in [2.24, 2.45) is 16.1 Å². The third kappa shape index (κ3) is 2.38. The van der Waals surface area contributed by atoms with Gasteiger partial charge in [0, 0.05) is 6.42 Å². The Morgan fingerprint density at radius 2 is 2.21 bits per heavy atom. The van der Waals surface area contributed by atoms with Gasteiger partial charge in [-0.2, -0.15) is 11.8 Å². The molecule has 14 heavy (non-hydrogen) atoms. The first-order valence-electron chi connectivity index (χ1n) is 5.04. The van der Waals surface area contributed by atoms with E-state index in [0.717, 1.165) is 24.7 Å². The molecule has 3 nitrogen and oxygen atoms in total. The molecule has 0 amide bonds. The monoisotopic (exact) mass is 231 g/mol. The van der Waals surface area contributed by atoms with Crippen molar-refractivity contribution < 1.29 is 0 Å². The van der Waals surface area contributed by atoms with E-state index in [9.17, 15) is 0 Å². The minimum absolute atomic E-state index is 0.335. The lowest BCUT2D eigenvalue weighted by atomic mass is 9.78. The largest absolute Gasteiger partial charge is 0.330 e. The van der Waals surface area contributed by atoms with Crippen LogP contribution in [-0.4, -0.2) is 29.8 Å². The number of hydrogen-bond acceptors (Lipinski definition) is 5. The molecule has 0 spiro atoms. The van der Waals surface area contributed by atoms with E-state index in [2.05, 4.69) is 9.71 Å². The second-order valence-corrected chi connectivity index (χ2v) is 5.95. The fraction of sp³-hybridized carbons (Fsp3) is 0.889. The minimum atomic E-state index is 0.335. The third-order valence-corrected chi connectivity index (χ3v) is 4.66. The normalized spacial score (nSPS) is 25.6. The summed E-state index contributed by atoms with van der Waals surface area (Å²) in [6, 6.07) is 0. The van der Waals surface area contributed by atoms with Gasteiger partial charge in [0.2, 0.25) is 0 Å². The van der Waals surface area contributed by atoms with Gasteiger partial charge in [-0.25, -0.2) is 0 Å². The van der Waals surface area contributed by atoms with Crippen LogP contribution in [0, 0.1) is 5.41 Å². The van der Waals surface area contributed by atoms with Gasteiger partial charge in [-0.3, -0.25) is 4.99 Å². The average Bonchev–Trinajstić information content (AvgIpc) is 2.72. The Hall–Kier alpha value is 0.130. The highest BCUT2D eigenvalue weighted by Crippen LogP contribution is 2.37. The van der Waals surface area contributed by atoms with Crippen LogP contribution in [0.5, 0.6) is 0 Å². The van der Waals surface area contributed by atoms with Gasteiger partial charge in [-0.05, 0) is 48.3 Å². The van der Waals surface area contributed by atoms with Gasteiger partial charge in [0.25, 0.3) is 0 Å². The Kier molecular flexibility index (Phi) is 3.62. The number of aliphatic imine (C=N–C) groups is 1. The van der Waals surface area contributed by atoms with Crippen molar-refractivity contribution in [2.75, 3.05) is 23.9 Å². The zero-order valence-corrected chi connectivity index (χ0v) is 9.92. The smallest absolute Gasteiger partial charge is 0.108 e. The molecule has 0 atom stereocenters. The maximum absolute atomic E-state index is 5.92. The second-order valence-electron chi connectivity index (χ2n) is 3.97. The summed E-state index contributed by atoms with van der Waals surface area (Å²) in [5, 5.41) is 0. The first-order valence-corrected chi connectivity index (χ1v) is 7.18. The van der Waals surface area contributed by atoms with Crippen molar-refractivity contribution in [3.05, 3.63) is 0 Å². The first-order chi connectivity index (χ1) is 6.85. The fourth-order valence-electron chi connectivity index (χ4n) is 1.96. The van der Waals surface area contributed by atoms with E-state index < -0.39 is 0 Å². The van der Waals surface area contributed by atoms with Crippen LogP contribution in [0.15, 0.2) is 4.99 Å². The van der Waals surface area contributed by atoms with E-state index >= 15 is 0 Å². The molecule has 1 saturated heterocycles.